The summed E-state index contributed by atoms with van der Waals surface area (Å²) in [7, 11) is 0. The zero-order valence-electron chi connectivity index (χ0n) is 26.7. The van der Waals surface area contributed by atoms with Crippen LogP contribution >= 0.6 is 0 Å². The number of rotatable bonds is 4. The number of aliphatic imine (C=N–C) groups is 1. The lowest BCUT2D eigenvalue weighted by molar-refractivity contribution is 0.141. The Hall–Kier alpha value is -4.90. The number of fused-ring (bicyclic) bond motifs is 6. The maximum absolute atomic E-state index is 6.60. The van der Waals surface area contributed by atoms with Gasteiger partial charge in [0.1, 0.15) is 29.3 Å². The van der Waals surface area contributed by atoms with E-state index in [4.69, 9.17) is 19.5 Å². The standard InChI is InChI=1S/C40H37N3O2/c1-23-10-12-35-33(18-23)31-8-7-13-41-38(31)43(35)28-15-26(4)17-30(21-28)44-29-16-25(3)14-27(20-29)39-42-37-32-11-9-24(2)19-34(32)40(5,6)22-36(37)45-39/h7-21,36-37H,22H2,1-6H3/t36-,37+/m0/s1. The fourth-order valence-electron chi connectivity index (χ4n) is 7.34. The van der Waals surface area contributed by atoms with Crippen LogP contribution < -0.4 is 4.74 Å². The van der Waals surface area contributed by atoms with Gasteiger partial charge < -0.3 is 9.47 Å². The van der Waals surface area contributed by atoms with Gasteiger partial charge in [-0.25, -0.2) is 9.98 Å². The predicted molar refractivity (Wildman–Crippen MR) is 182 cm³/mol. The summed E-state index contributed by atoms with van der Waals surface area (Å²) >= 11 is 0. The molecule has 1 aliphatic carbocycles. The third-order valence-electron chi connectivity index (χ3n) is 9.35. The summed E-state index contributed by atoms with van der Waals surface area (Å²) in [6.45, 7) is 13.1. The number of hydrogen-bond donors (Lipinski definition) is 0. The van der Waals surface area contributed by atoms with E-state index in [1.165, 1.54) is 27.6 Å². The van der Waals surface area contributed by atoms with Crippen molar-refractivity contribution in [3.05, 3.63) is 130 Å². The SMILES string of the molecule is Cc1cc(Oc2cc(C)cc(-n3c4ccc(C)cc4c4cccnc43)c2)cc(C2=N[C@@H]3c4ccc(C)cc4C(C)(C)C[C@@H]3O2)c1. The first-order valence-corrected chi connectivity index (χ1v) is 15.8. The highest BCUT2D eigenvalue weighted by Gasteiger charge is 2.44. The van der Waals surface area contributed by atoms with E-state index in [1.807, 2.05) is 12.3 Å². The van der Waals surface area contributed by atoms with Crippen molar-refractivity contribution in [3.8, 4) is 17.2 Å². The fraction of sp³-hybridized carbons (Fsp3) is 0.250. The summed E-state index contributed by atoms with van der Waals surface area (Å²) in [5.41, 5.74) is 11.4. The molecule has 0 saturated carbocycles. The zero-order valence-corrected chi connectivity index (χ0v) is 26.7. The van der Waals surface area contributed by atoms with E-state index in [1.54, 1.807) is 0 Å². The van der Waals surface area contributed by atoms with Crippen LogP contribution in [-0.2, 0) is 10.2 Å². The van der Waals surface area contributed by atoms with Crippen molar-refractivity contribution >= 4 is 27.8 Å². The lowest BCUT2D eigenvalue weighted by Gasteiger charge is -2.38. The first-order valence-electron chi connectivity index (χ1n) is 15.8. The summed E-state index contributed by atoms with van der Waals surface area (Å²) in [5, 5.41) is 2.34. The van der Waals surface area contributed by atoms with Gasteiger partial charge in [-0.15, -0.1) is 0 Å². The maximum Gasteiger partial charge on any atom is 0.217 e. The highest BCUT2D eigenvalue weighted by molar-refractivity contribution is 6.08. The van der Waals surface area contributed by atoms with Gasteiger partial charge >= 0.3 is 0 Å². The molecule has 2 atom stereocenters. The maximum atomic E-state index is 6.60. The van der Waals surface area contributed by atoms with Crippen molar-refractivity contribution in [2.45, 2.75) is 65.5 Å². The molecule has 5 nitrogen and oxygen atoms in total. The van der Waals surface area contributed by atoms with E-state index in [9.17, 15) is 0 Å². The van der Waals surface area contributed by atoms with Gasteiger partial charge in [-0.05, 0) is 116 Å². The van der Waals surface area contributed by atoms with Crippen LogP contribution in [0.5, 0.6) is 11.5 Å². The number of ether oxygens (including phenoxy) is 2. The Kier molecular flexibility index (Phi) is 6.18. The lowest BCUT2D eigenvalue weighted by atomic mass is 9.69. The van der Waals surface area contributed by atoms with E-state index in [-0.39, 0.29) is 17.6 Å². The Morgan fingerprint density at radius 2 is 1.53 bits per heavy atom. The summed E-state index contributed by atoms with van der Waals surface area (Å²) in [4.78, 5) is 9.95. The van der Waals surface area contributed by atoms with Crippen LogP contribution in [-0.4, -0.2) is 21.6 Å². The van der Waals surface area contributed by atoms with Gasteiger partial charge in [-0.1, -0.05) is 49.2 Å². The molecule has 0 saturated heterocycles. The van der Waals surface area contributed by atoms with Crippen molar-refractivity contribution in [1.82, 2.24) is 9.55 Å². The number of aryl methyl sites for hydroxylation is 4. The number of hydrogen-bond acceptors (Lipinski definition) is 4. The van der Waals surface area contributed by atoms with Gasteiger partial charge in [0.15, 0.2) is 0 Å². The minimum atomic E-state index is 0.0106. The molecule has 4 aromatic carbocycles. The summed E-state index contributed by atoms with van der Waals surface area (Å²) in [5.74, 6) is 2.22. The van der Waals surface area contributed by atoms with Crippen LogP contribution in [0.4, 0.5) is 0 Å². The van der Waals surface area contributed by atoms with Gasteiger partial charge in [0.25, 0.3) is 0 Å². The van der Waals surface area contributed by atoms with Crippen molar-refractivity contribution in [2.75, 3.05) is 0 Å². The van der Waals surface area contributed by atoms with Crippen LogP contribution in [0.1, 0.15) is 65.3 Å². The molecule has 5 heteroatoms. The van der Waals surface area contributed by atoms with Crippen molar-refractivity contribution < 1.29 is 9.47 Å². The summed E-state index contributed by atoms with van der Waals surface area (Å²) in [6.07, 6.45) is 2.81. The molecule has 2 aliphatic rings. The highest BCUT2D eigenvalue weighted by atomic mass is 16.5. The van der Waals surface area contributed by atoms with E-state index >= 15 is 0 Å². The predicted octanol–water partition coefficient (Wildman–Crippen LogP) is 9.77. The van der Waals surface area contributed by atoms with Gasteiger partial charge in [-0.3, -0.25) is 4.57 Å². The van der Waals surface area contributed by atoms with Crippen LogP contribution in [0.15, 0.2) is 96.1 Å². The molecule has 6 aromatic rings. The zero-order chi connectivity index (χ0) is 31.0. The average Bonchev–Trinajstić information content (AvgIpc) is 3.55. The number of aromatic nitrogens is 2. The second-order valence-corrected chi connectivity index (χ2v) is 13.6. The molecule has 3 heterocycles. The van der Waals surface area contributed by atoms with Gasteiger partial charge in [-0.2, -0.15) is 0 Å². The van der Waals surface area contributed by atoms with Crippen LogP contribution in [0.2, 0.25) is 0 Å². The molecular formula is C40H37N3O2. The third-order valence-corrected chi connectivity index (χ3v) is 9.35. The smallest absolute Gasteiger partial charge is 0.217 e. The molecule has 1 aliphatic heterocycles. The molecular weight excluding hydrogens is 554 g/mol. The van der Waals surface area contributed by atoms with Crippen LogP contribution in [0, 0.1) is 27.7 Å². The molecule has 0 unspecified atom stereocenters. The summed E-state index contributed by atoms with van der Waals surface area (Å²) in [6, 6.07) is 30.1. The molecule has 8 rings (SSSR count). The Morgan fingerprint density at radius 3 is 2.38 bits per heavy atom. The van der Waals surface area contributed by atoms with Crippen molar-refractivity contribution in [2.24, 2.45) is 4.99 Å². The minimum Gasteiger partial charge on any atom is -0.471 e. The number of benzene rings is 4. The Bertz CT molecular complexity index is 2190. The lowest BCUT2D eigenvalue weighted by Crippen LogP contribution is -2.35. The van der Waals surface area contributed by atoms with E-state index in [0.717, 1.165) is 56.8 Å². The molecule has 0 spiro atoms. The molecule has 45 heavy (non-hydrogen) atoms. The Balaban J connectivity index is 1.15. The fourth-order valence-corrected chi connectivity index (χ4v) is 7.34. The molecule has 2 aromatic heterocycles. The average molecular weight is 592 g/mol. The van der Waals surface area contributed by atoms with E-state index < -0.39 is 0 Å². The Morgan fingerprint density at radius 1 is 0.778 bits per heavy atom. The van der Waals surface area contributed by atoms with Gasteiger partial charge in [0.05, 0.1) is 11.2 Å². The second-order valence-electron chi connectivity index (χ2n) is 13.6. The van der Waals surface area contributed by atoms with Crippen LogP contribution in [0.25, 0.3) is 27.6 Å². The van der Waals surface area contributed by atoms with Gasteiger partial charge in [0, 0.05) is 28.6 Å². The molecule has 0 bridgehead atoms. The molecule has 0 fully saturated rings. The first-order chi connectivity index (χ1) is 21.6. The van der Waals surface area contributed by atoms with Crippen molar-refractivity contribution in [1.29, 1.82) is 0 Å². The van der Waals surface area contributed by atoms with Crippen molar-refractivity contribution in [3.63, 3.8) is 0 Å². The first kappa shape index (κ1) is 27.6. The normalized spacial score (nSPS) is 18.4. The molecule has 0 amide bonds. The number of nitrogens with zero attached hydrogens (tertiary/aromatic N) is 3. The Labute approximate surface area is 264 Å². The van der Waals surface area contributed by atoms with Crippen LogP contribution in [0.3, 0.4) is 0 Å². The van der Waals surface area contributed by atoms with E-state index in [0.29, 0.717) is 5.90 Å². The molecule has 0 N–H and O–H groups in total. The topological polar surface area (TPSA) is 48.6 Å². The third kappa shape index (κ3) is 4.69. The molecule has 0 radical (unpaired) electrons. The number of pyridine rings is 1. The highest BCUT2D eigenvalue weighted by Crippen LogP contribution is 2.47. The second kappa shape index (κ2) is 10.1. The minimum absolute atomic E-state index is 0.0106. The monoisotopic (exact) mass is 591 g/mol. The molecule has 224 valence electrons. The van der Waals surface area contributed by atoms with E-state index in [2.05, 4.69) is 125 Å². The van der Waals surface area contributed by atoms with Gasteiger partial charge in [0.2, 0.25) is 5.90 Å². The summed E-state index contributed by atoms with van der Waals surface area (Å²) < 4.78 is 15.4. The largest absolute Gasteiger partial charge is 0.471 e. The quantitative estimate of drug-likeness (QED) is 0.205.